The first-order chi connectivity index (χ1) is 11.3. The topological polar surface area (TPSA) is 58.6 Å². The zero-order valence-corrected chi connectivity index (χ0v) is 15.6. The number of hydrogen-bond donors (Lipinski definition) is 1. The third-order valence-corrected chi connectivity index (χ3v) is 5.23. The molecule has 0 radical (unpaired) electrons. The van der Waals surface area contributed by atoms with Crippen molar-refractivity contribution in [2.75, 3.05) is 32.6 Å². The second-order valence-corrected chi connectivity index (χ2v) is 7.97. The van der Waals surface area contributed by atoms with E-state index < -0.39 is 0 Å². The van der Waals surface area contributed by atoms with Crippen LogP contribution in [0.4, 0.5) is 0 Å². The van der Waals surface area contributed by atoms with Gasteiger partial charge in [-0.25, -0.2) is 0 Å². The molecule has 0 saturated carbocycles. The Hall–Kier alpha value is -1.53. The molecule has 1 unspecified atom stereocenters. The number of carbonyl (C=O) groups excluding carboxylic acids is 2. The van der Waals surface area contributed by atoms with Gasteiger partial charge in [0.05, 0.1) is 12.4 Å². The van der Waals surface area contributed by atoms with Crippen LogP contribution in [0.3, 0.4) is 0 Å². The second-order valence-electron chi connectivity index (χ2n) is 6.90. The van der Waals surface area contributed by atoms with Gasteiger partial charge in [0, 0.05) is 13.7 Å². The molecule has 1 atom stereocenters. The molecule has 2 rings (SSSR count). The van der Waals surface area contributed by atoms with Crippen molar-refractivity contribution in [3.63, 3.8) is 0 Å². The van der Waals surface area contributed by atoms with E-state index >= 15 is 0 Å². The van der Waals surface area contributed by atoms with Crippen LogP contribution < -0.4 is 5.32 Å². The van der Waals surface area contributed by atoms with E-state index in [0.29, 0.717) is 18.9 Å². The summed E-state index contributed by atoms with van der Waals surface area (Å²) in [6.07, 6.45) is 0. The minimum absolute atomic E-state index is 0.00629. The number of amides is 2. The number of benzene rings is 1. The molecule has 132 valence electrons. The number of methoxy groups -OCH3 is 1. The predicted octanol–water partition coefficient (Wildman–Crippen LogP) is 2.32. The molecule has 24 heavy (non-hydrogen) atoms. The molecular weight excluding hydrogens is 324 g/mol. The maximum Gasteiger partial charge on any atom is 0.239 e. The summed E-state index contributed by atoms with van der Waals surface area (Å²) in [5.74, 6) is 0.267. The van der Waals surface area contributed by atoms with Crippen LogP contribution in [0.15, 0.2) is 24.3 Å². The molecule has 1 aliphatic rings. The van der Waals surface area contributed by atoms with Crippen molar-refractivity contribution in [2.24, 2.45) is 0 Å². The van der Waals surface area contributed by atoms with E-state index in [4.69, 9.17) is 4.74 Å². The van der Waals surface area contributed by atoms with Gasteiger partial charge >= 0.3 is 0 Å². The van der Waals surface area contributed by atoms with Crippen molar-refractivity contribution in [1.82, 2.24) is 10.2 Å². The van der Waals surface area contributed by atoms with Crippen molar-refractivity contribution in [2.45, 2.75) is 31.6 Å². The van der Waals surface area contributed by atoms with Crippen molar-refractivity contribution in [3.8, 4) is 0 Å². The molecule has 6 heteroatoms. The average molecular weight is 350 g/mol. The van der Waals surface area contributed by atoms with Crippen LogP contribution in [-0.4, -0.2) is 49.3 Å². The molecule has 0 bridgehead atoms. The summed E-state index contributed by atoms with van der Waals surface area (Å²) in [5, 5.41) is 2.67. The third-order valence-electron chi connectivity index (χ3n) is 3.97. The van der Waals surface area contributed by atoms with E-state index in [1.165, 1.54) is 5.56 Å². The molecule has 1 saturated heterocycles. The number of hydrogen-bond acceptors (Lipinski definition) is 4. The van der Waals surface area contributed by atoms with Gasteiger partial charge in [0.2, 0.25) is 11.8 Å². The molecule has 0 spiro atoms. The highest BCUT2D eigenvalue weighted by atomic mass is 32.2. The fourth-order valence-corrected chi connectivity index (χ4v) is 3.74. The normalized spacial score (nSPS) is 18.1. The number of carbonyl (C=O) groups is 2. The lowest BCUT2D eigenvalue weighted by Gasteiger charge is -2.25. The van der Waals surface area contributed by atoms with Crippen molar-refractivity contribution in [1.29, 1.82) is 0 Å². The molecule has 2 amide bonds. The Labute approximate surface area is 148 Å². The summed E-state index contributed by atoms with van der Waals surface area (Å²) < 4.78 is 4.91. The quantitative estimate of drug-likeness (QED) is 0.800. The zero-order chi connectivity index (χ0) is 17.7. The summed E-state index contributed by atoms with van der Waals surface area (Å²) in [6, 6.07) is 8.34. The molecule has 1 N–H and O–H groups in total. The lowest BCUT2D eigenvalue weighted by Crippen LogP contribution is -2.40. The minimum Gasteiger partial charge on any atom is -0.383 e. The van der Waals surface area contributed by atoms with Crippen LogP contribution in [0.1, 0.15) is 37.3 Å². The van der Waals surface area contributed by atoms with Gasteiger partial charge in [-0.3, -0.25) is 9.59 Å². The Bertz CT molecular complexity index is 581. The van der Waals surface area contributed by atoms with Crippen molar-refractivity contribution < 1.29 is 14.3 Å². The number of thioether (sulfide) groups is 1. The van der Waals surface area contributed by atoms with E-state index in [1.807, 2.05) is 0 Å². The Morgan fingerprint density at radius 3 is 2.58 bits per heavy atom. The van der Waals surface area contributed by atoms with E-state index in [1.54, 1.807) is 23.8 Å². The maximum absolute atomic E-state index is 12.2. The van der Waals surface area contributed by atoms with Crippen molar-refractivity contribution in [3.05, 3.63) is 35.4 Å². The highest BCUT2D eigenvalue weighted by Crippen LogP contribution is 2.38. The molecule has 1 fully saturated rings. The lowest BCUT2D eigenvalue weighted by atomic mass is 9.87. The molecular formula is C18H26N2O3S. The fourth-order valence-electron chi connectivity index (χ4n) is 2.55. The molecule has 1 aromatic carbocycles. The largest absolute Gasteiger partial charge is 0.383 e. The van der Waals surface area contributed by atoms with Gasteiger partial charge in [0.25, 0.3) is 0 Å². The van der Waals surface area contributed by atoms with Crippen molar-refractivity contribution >= 4 is 23.6 Å². The first kappa shape index (κ1) is 18.8. The van der Waals surface area contributed by atoms with E-state index in [0.717, 1.165) is 5.56 Å². The van der Waals surface area contributed by atoms with E-state index in [-0.39, 0.29) is 29.1 Å². The van der Waals surface area contributed by atoms with Gasteiger partial charge in [-0.05, 0) is 16.5 Å². The standard InChI is InChI=1S/C18H26N2O3S/c1-18(2,3)14-7-5-13(6-8-14)17-20(16(22)12-24-17)11-15(21)19-9-10-23-4/h5-8,17H,9-12H2,1-4H3,(H,19,21). The summed E-state index contributed by atoms with van der Waals surface area (Å²) in [4.78, 5) is 25.8. The second kappa shape index (κ2) is 8.03. The number of rotatable bonds is 6. The van der Waals surface area contributed by atoms with E-state index in [9.17, 15) is 9.59 Å². The smallest absolute Gasteiger partial charge is 0.239 e. The summed E-state index contributed by atoms with van der Waals surface area (Å²) in [6.45, 7) is 7.52. The summed E-state index contributed by atoms with van der Waals surface area (Å²) in [7, 11) is 1.59. The third kappa shape index (κ3) is 4.74. The minimum atomic E-state index is -0.154. The first-order valence-electron chi connectivity index (χ1n) is 8.10. The van der Waals surface area contributed by atoms with Gasteiger partial charge in [-0.1, -0.05) is 45.0 Å². The molecule has 5 nitrogen and oxygen atoms in total. The van der Waals surface area contributed by atoms with Crippen LogP contribution >= 0.6 is 11.8 Å². The van der Waals surface area contributed by atoms with Crippen LogP contribution in [0, 0.1) is 0 Å². The van der Waals surface area contributed by atoms with Gasteiger partial charge in [0.15, 0.2) is 0 Å². The molecule has 1 heterocycles. The Morgan fingerprint density at radius 2 is 2.00 bits per heavy atom. The summed E-state index contributed by atoms with van der Waals surface area (Å²) >= 11 is 1.57. The van der Waals surface area contributed by atoms with Crippen LogP contribution in [-0.2, 0) is 19.7 Å². The monoisotopic (exact) mass is 350 g/mol. The average Bonchev–Trinajstić information content (AvgIpc) is 2.88. The maximum atomic E-state index is 12.2. The van der Waals surface area contributed by atoms with Gasteiger partial charge < -0.3 is 15.0 Å². The molecule has 0 aromatic heterocycles. The molecule has 1 aromatic rings. The first-order valence-corrected chi connectivity index (χ1v) is 9.15. The zero-order valence-electron chi connectivity index (χ0n) is 14.8. The van der Waals surface area contributed by atoms with Crippen LogP contribution in [0.5, 0.6) is 0 Å². The van der Waals surface area contributed by atoms with Gasteiger partial charge in [-0.2, -0.15) is 0 Å². The lowest BCUT2D eigenvalue weighted by molar-refractivity contribution is -0.133. The van der Waals surface area contributed by atoms with Gasteiger partial charge in [0.1, 0.15) is 11.9 Å². The molecule has 1 aliphatic heterocycles. The molecule has 0 aliphatic carbocycles. The van der Waals surface area contributed by atoms with E-state index in [2.05, 4.69) is 50.4 Å². The number of ether oxygens (including phenoxy) is 1. The highest BCUT2D eigenvalue weighted by molar-refractivity contribution is 8.00. The van der Waals surface area contributed by atoms with Gasteiger partial charge in [-0.15, -0.1) is 11.8 Å². The SMILES string of the molecule is COCCNC(=O)CN1C(=O)CSC1c1ccc(C(C)(C)C)cc1. The Morgan fingerprint density at radius 1 is 1.33 bits per heavy atom. The predicted molar refractivity (Wildman–Crippen MR) is 96.9 cm³/mol. The number of nitrogens with zero attached hydrogens (tertiary/aromatic N) is 1. The Kier molecular flexibility index (Phi) is 6.29. The highest BCUT2D eigenvalue weighted by Gasteiger charge is 2.34. The number of nitrogens with one attached hydrogen (secondary N) is 1. The van der Waals surface area contributed by atoms with Crippen LogP contribution in [0.2, 0.25) is 0 Å². The summed E-state index contributed by atoms with van der Waals surface area (Å²) in [5.41, 5.74) is 2.41. The Balaban J connectivity index is 2.05. The van der Waals surface area contributed by atoms with Crippen LogP contribution in [0.25, 0.3) is 0 Å². The fraction of sp³-hybridized carbons (Fsp3) is 0.556.